The highest BCUT2D eigenvalue weighted by molar-refractivity contribution is 6.31. The standard InChI is InChI=1S/C23H27ClFN3O2/c1-2-12-26-23(30)17-6-3-4-9-21(17)27-22(29)16-10-13-28(14-11-16)15-18-19(24)7-5-8-20(18)25/h3-9,16H,2,10-15H2,1H3,(H,26,30)(H,27,29). The molecule has 0 bridgehead atoms. The summed E-state index contributed by atoms with van der Waals surface area (Å²) in [6, 6.07) is 11.7. The van der Waals surface area contributed by atoms with Gasteiger partial charge in [0.15, 0.2) is 0 Å². The third kappa shape index (κ3) is 5.58. The molecule has 7 heteroatoms. The van der Waals surface area contributed by atoms with Gasteiger partial charge in [0, 0.05) is 29.6 Å². The van der Waals surface area contributed by atoms with Crippen molar-refractivity contribution in [3.8, 4) is 0 Å². The number of halogens is 2. The molecule has 5 nitrogen and oxygen atoms in total. The number of anilines is 1. The van der Waals surface area contributed by atoms with Gasteiger partial charge in [0.2, 0.25) is 5.91 Å². The third-order valence-electron chi connectivity index (χ3n) is 5.37. The maximum Gasteiger partial charge on any atom is 0.253 e. The number of carbonyl (C=O) groups is 2. The summed E-state index contributed by atoms with van der Waals surface area (Å²) in [5.41, 5.74) is 1.48. The molecular formula is C23H27ClFN3O2. The first-order valence-corrected chi connectivity index (χ1v) is 10.7. The van der Waals surface area contributed by atoms with Gasteiger partial charge in [-0.05, 0) is 56.6 Å². The number of para-hydroxylation sites is 1. The summed E-state index contributed by atoms with van der Waals surface area (Å²) >= 11 is 6.13. The van der Waals surface area contributed by atoms with Gasteiger partial charge < -0.3 is 10.6 Å². The molecule has 0 atom stereocenters. The maximum absolute atomic E-state index is 14.0. The van der Waals surface area contributed by atoms with Crippen LogP contribution in [0.4, 0.5) is 10.1 Å². The normalized spacial score (nSPS) is 15.0. The van der Waals surface area contributed by atoms with Crippen LogP contribution in [0, 0.1) is 11.7 Å². The first-order chi connectivity index (χ1) is 14.5. The number of benzene rings is 2. The van der Waals surface area contributed by atoms with E-state index in [0.717, 1.165) is 6.42 Å². The van der Waals surface area contributed by atoms with Crippen LogP contribution in [-0.2, 0) is 11.3 Å². The Bertz CT molecular complexity index is 878. The van der Waals surface area contributed by atoms with E-state index in [9.17, 15) is 14.0 Å². The van der Waals surface area contributed by atoms with Gasteiger partial charge in [-0.15, -0.1) is 0 Å². The van der Waals surface area contributed by atoms with Crippen molar-refractivity contribution in [2.45, 2.75) is 32.7 Å². The Balaban J connectivity index is 1.57. The van der Waals surface area contributed by atoms with Gasteiger partial charge in [-0.1, -0.05) is 36.7 Å². The maximum atomic E-state index is 14.0. The highest BCUT2D eigenvalue weighted by atomic mass is 35.5. The number of amides is 2. The second-order valence-electron chi connectivity index (χ2n) is 7.54. The number of nitrogens with zero attached hydrogens (tertiary/aromatic N) is 1. The first kappa shape index (κ1) is 22.2. The molecule has 2 aromatic carbocycles. The van der Waals surface area contributed by atoms with E-state index in [0.29, 0.717) is 60.9 Å². The molecule has 1 saturated heterocycles. The van der Waals surface area contributed by atoms with Gasteiger partial charge in [-0.25, -0.2) is 4.39 Å². The monoisotopic (exact) mass is 431 g/mol. The summed E-state index contributed by atoms with van der Waals surface area (Å²) < 4.78 is 14.0. The molecule has 0 unspecified atom stereocenters. The molecule has 2 amide bonds. The van der Waals surface area contributed by atoms with Crippen molar-refractivity contribution in [1.29, 1.82) is 0 Å². The number of nitrogens with one attached hydrogen (secondary N) is 2. The first-order valence-electron chi connectivity index (χ1n) is 10.3. The molecule has 0 radical (unpaired) electrons. The largest absolute Gasteiger partial charge is 0.352 e. The molecule has 0 aromatic heterocycles. The number of rotatable bonds is 7. The molecule has 1 heterocycles. The van der Waals surface area contributed by atoms with Crippen molar-refractivity contribution in [3.63, 3.8) is 0 Å². The van der Waals surface area contributed by atoms with E-state index in [1.165, 1.54) is 6.07 Å². The summed E-state index contributed by atoms with van der Waals surface area (Å²) in [5, 5.41) is 6.19. The quantitative estimate of drug-likeness (QED) is 0.680. The minimum Gasteiger partial charge on any atom is -0.352 e. The Morgan fingerprint density at radius 2 is 1.87 bits per heavy atom. The molecule has 1 fully saturated rings. The van der Waals surface area contributed by atoms with Crippen LogP contribution in [0.25, 0.3) is 0 Å². The van der Waals surface area contributed by atoms with Crippen LogP contribution in [0.2, 0.25) is 5.02 Å². The minimum atomic E-state index is -0.305. The number of likely N-dealkylation sites (tertiary alicyclic amines) is 1. The Kier molecular flexibility index (Phi) is 7.82. The third-order valence-corrected chi connectivity index (χ3v) is 5.72. The Morgan fingerprint density at radius 3 is 2.57 bits per heavy atom. The molecule has 30 heavy (non-hydrogen) atoms. The minimum absolute atomic E-state index is 0.0886. The number of piperidine rings is 1. The number of carbonyl (C=O) groups excluding carboxylic acids is 2. The van der Waals surface area contributed by atoms with Crippen molar-refractivity contribution in [2.75, 3.05) is 25.0 Å². The van der Waals surface area contributed by atoms with Gasteiger partial charge in [0.05, 0.1) is 11.3 Å². The van der Waals surface area contributed by atoms with E-state index in [2.05, 4.69) is 15.5 Å². The Labute approximate surface area is 181 Å². The van der Waals surface area contributed by atoms with Crippen LogP contribution in [0.3, 0.4) is 0 Å². The molecule has 0 spiro atoms. The SMILES string of the molecule is CCCNC(=O)c1ccccc1NC(=O)C1CCN(Cc2c(F)cccc2Cl)CC1. The zero-order valence-electron chi connectivity index (χ0n) is 17.1. The summed E-state index contributed by atoms with van der Waals surface area (Å²) in [6.45, 7) is 4.37. The second-order valence-corrected chi connectivity index (χ2v) is 7.95. The van der Waals surface area contributed by atoms with Gasteiger partial charge in [-0.3, -0.25) is 14.5 Å². The summed E-state index contributed by atoms with van der Waals surface area (Å²) in [7, 11) is 0. The van der Waals surface area contributed by atoms with Gasteiger partial charge in [0.25, 0.3) is 5.91 Å². The number of hydrogen-bond acceptors (Lipinski definition) is 3. The van der Waals surface area contributed by atoms with Crippen LogP contribution in [-0.4, -0.2) is 36.3 Å². The van der Waals surface area contributed by atoms with Crippen molar-refractivity contribution < 1.29 is 14.0 Å². The van der Waals surface area contributed by atoms with Crippen LogP contribution in [0.5, 0.6) is 0 Å². The lowest BCUT2D eigenvalue weighted by Crippen LogP contribution is -2.38. The summed E-state index contributed by atoms with van der Waals surface area (Å²) in [4.78, 5) is 27.2. The zero-order valence-corrected chi connectivity index (χ0v) is 17.8. The van der Waals surface area contributed by atoms with E-state index in [1.807, 2.05) is 6.92 Å². The molecule has 0 saturated carbocycles. The van der Waals surface area contributed by atoms with Crippen molar-refractivity contribution in [2.24, 2.45) is 5.92 Å². The van der Waals surface area contributed by atoms with E-state index in [1.54, 1.807) is 36.4 Å². The predicted molar refractivity (Wildman–Crippen MR) is 117 cm³/mol. The Hall–Kier alpha value is -2.44. The molecule has 0 aliphatic carbocycles. The van der Waals surface area contributed by atoms with E-state index >= 15 is 0 Å². The lowest BCUT2D eigenvalue weighted by atomic mass is 9.95. The molecule has 2 aromatic rings. The topological polar surface area (TPSA) is 61.4 Å². The molecule has 160 valence electrons. The van der Waals surface area contributed by atoms with Gasteiger partial charge in [-0.2, -0.15) is 0 Å². The van der Waals surface area contributed by atoms with Crippen molar-refractivity contribution in [3.05, 3.63) is 64.4 Å². The fourth-order valence-corrected chi connectivity index (χ4v) is 3.84. The van der Waals surface area contributed by atoms with E-state index in [-0.39, 0.29) is 23.5 Å². The summed E-state index contributed by atoms with van der Waals surface area (Å²) in [5.74, 6) is -0.733. The van der Waals surface area contributed by atoms with Gasteiger partial charge >= 0.3 is 0 Å². The van der Waals surface area contributed by atoms with Gasteiger partial charge in [0.1, 0.15) is 5.82 Å². The van der Waals surface area contributed by atoms with E-state index < -0.39 is 0 Å². The molecule has 2 N–H and O–H groups in total. The van der Waals surface area contributed by atoms with Crippen LogP contribution < -0.4 is 10.6 Å². The predicted octanol–water partition coefficient (Wildman–Crippen LogP) is 4.47. The lowest BCUT2D eigenvalue weighted by molar-refractivity contribution is -0.121. The molecule has 1 aliphatic rings. The van der Waals surface area contributed by atoms with Crippen LogP contribution in [0.15, 0.2) is 42.5 Å². The highest BCUT2D eigenvalue weighted by Gasteiger charge is 2.26. The fourth-order valence-electron chi connectivity index (χ4n) is 3.62. The second kappa shape index (κ2) is 10.5. The highest BCUT2D eigenvalue weighted by Crippen LogP contribution is 2.25. The van der Waals surface area contributed by atoms with Crippen LogP contribution in [0.1, 0.15) is 42.1 Å². The number of hydrogen-bond donors (Lipinski definition) is 2. The fraction of sp³-hybridized carbons (Fsp3) is 0.391. The molecule has 1 aliphatic heterocycles. The molecule has 3 rings (SSSR count). The molecular weight excluding hydrogens is 405 g/mol. The van der Waals surface area contributed by atoms with Crippen LogP contribution >= 0.6 is 11.6 Å². The summed E-state index contributed by atoms with van der Waals surface area (Å²) in [6.07, 6.45) is 2.18. The van der Waals surface area contributed by atoms with E-state index in [4.69, 9.17) is 11.6 Å². The average molecular weight is 432 g/mol. The lowest BCUT2D eigenvalue weighted by Gasteiger charge is -2.31. The van der Waals surface area contributed by atoms with Crippen molar-refractivity contribution >= 4 is 29.1 Å². The van der Waals surface area contributed by atoms with Crippen molar-refractivity contribution in [1.82, 2.24) is 10.2 Å². The zero-order chi connectivity index (χ0) is 21.5. The average Bonchev–Trinajstić information content (AvgIpc) is 2.75. The smallest absolute Gasteiger partial charge is 0.253 e. The Morgan fingerprint density at radius 1 is 1.13 bits per heavy atom.